The third-order valence-electron chi connectivity index (χ3n) is 12.5. The molecule has 0 fully saturated rings. The number of furan rings is 3. The lowest BCUT2D eigenvalue weighted by Gasteiger charge is -2.09. The normalized spacial score (nSPS) is 11.8. The van der Waals surface area contributed by atoms with E-state index in [1.54, 1.807) is 12.4 Å². The Balaban J connectivity index is 0.813. The Hall–Kier alpha value is -8.54. The predicted molar refractivity (Wildman–Crippen MR) is 256 cm³/mol. The quantitative estimate of drug-likeness (QED) is 0.167. The van der Waals surface area contributed by atoms with E-state index in [1.165, 1.54) is 0 Å². The zero-order valence-electron chi connectivity index (χ0n) is 33.7. The smallest absolute Gasteiger partial charge is 0.138 e. The molecule has 0 spiro atoms. The molecular weight excluding hydrogens is 773 g/mol. The molecule has 0 atom stereocenters. The van der Waals surface area contributed by atoms with Crippen molar-refractivity contribution in [3.05, 3.63) is 207 Å². The molecule has 0 amide bonds. The zero-order chi connectivity index (χ0) is 41.4. The molecule has 0 aliphatic rings. The molecule has 0 radical (unpaired) electrons. The van der Waals surface area contributed by atoms with E-state index in [4.69, 9.17) is 13.3 Å². The van der Waals surface area contributed by atoms with E-state index in [-0.39, 0.29) is 0 Å². The second-order valence-electron chi connectivity index (χ2n) is 16.2. The summed E-state index contributed by atoms with van der Waals surface area (Å²) in [5, 5.41) is 6.38. The van der Waals surface area contributed by atoms with Gasteiger partial charge in [-0.3, -0.25) is 9.97 Å². The molecule has 0 N–H and O–H groups in total. The van der Waals surface area contributed by atoms with Gasteiger partial charge in [0.05, 0.1) is 0 Å². The third-order valence-corrected chi connectivity index (χ3v) is 12.5. The molecule has 0 aliphatic heterocycles. The maximum Gasteiger partial charge on any atom is 0.138 e. The SMILES string of the molecule is c1cc(-c2cccc(-c3ccc4oc5ccc(-c6cccc(-c7cccc(-c8ccc9oc%10ccncc%10c9c8)c7)c6)cc5c4c3)c2)cc(-c2ccc3oc4ccncc4c3c2)c1. The van der Waals surface area contributed by atoms with Crippen molar-refractivity contribution in [2.75, 3.05) is 0 Å². The maximum absolute atomic E-state index is 6.40. The molecule has 5 heterocycles. The summed E-state index contributed by atoms with van der Waals surface area (Å²) in [6.45, 7) is 0. The highest BCUT2D eigenvalue weighted by Crippen LogP contribution is 2.39. The van der Waals surface area contributed by atoms with E-state index in [0.717, 1.165) is 133 Å². The Morgan fingerprint density at radius 2 is 0.460 bits per heavy atom. The lowest BCUT2D eigenvalue weighted by Crippen LogP contribution is -1.84. The minimum Gasteiger partial charge on any atom is -0.456 e. The van der Waals surface area contributed by atoms with Crippen LogP contribution in [0.5, 0.6) is 0 Å². The van der Waals surface area contributed by atoms with Crippen molar-refractivity contribution in [2.24, 2.45) is 0 Å². The Labute approximate surface area is 361 Å². The van der Waals surface area contributed by atoms with Crippen molar-refractivity contribution >= 4 is 65.8 Å². The molecule has 0 aliphatic carbocycles. The van der Waals surface area contributed by atoms with Gasteiger partial charge in [0, 0.05) is 57.1 Å². The maximum atomic E-state index is 6.40. The fourth-order valence-electron chi connectivity index (χ4n) is 9.25. The first kappa shape index (κ1) is 35.2. The van der Waals surface area contributed by atoms with Crippen molar-refractivity contribution in [3.63, 3.8) is 0 Å². The van der Waals surface area contributed by atoms with Gasteiger partial charge in [-0.2, -0.15) is 0 Å². The van der Waals surface area contributed by atoms with Crippen LogP contribution in [0, 0.1) is 0 Å². The van der Waals surface area contributed by atoms with Crippen molar-refractivity contribution in [1.82, 2.24) is 9.97 Å². The zero-order valence-corrected chi connectivity index (χ0v) is 33.7. The standard InChI is InChI=1S/C58H34N2O3/c1-5-35(37-7-3-11-41(27-37)45-15-19-55-49(31-45)51-33-59-23-21-57(51)62-55)25-39(9-1)43-13-17-53-47(29-43)48-30-44(14-18-54(48)61-53)40-10-2-6-36(26-40)38-8-4-12-42(28-38)46-16-20-56-50(32-46)52-34-60-24-22-58(52)63-56/h1-34H. The van der Waals surface area contributed by atoms with Crippen LogP contribution in [0.3, 0.4) is 0 Å². The Morgan fingerprint density at radius 1 is 0.222 bits per heavy atom. The number of nitrogens with zero attached hydrogens (tertiary/aromatic N) is 2. The number of hydrogen-bond donors (Lipinski definition) is 0. The Kier molecular flexibility index (Phi) is 7.84. The summed E-state index contributed by atoms with van der Waals surface area (Å²) < 4.78 is 18.5. The monoisotopic (exact) mass is 806 g/mol. The number of aromatic nitrogens is 2. The number of pyridine rings is 2. The van der Waals surface area contributed by atoms with Crippen LogP contribution in [0.2, 0.25) is 0 Å². The molecule has 13 rings (SSSR count). The van der Waals surface area contributed by atoms with E-state index >= 15 is 0 Å². The summed E-state index contributed by atoms with van der Waals surface area (Å²) >= 11 is 0. The van der Waals surface area contributed by atoms with Gasteiger partial charge in [0.25, 0.3) is 0 Å². The fourth-order valence-corrected chi connectivity index (χ4v) is 9.25. The van der Waals surface area contributed by atoms with Crippen LogP contribution in [0.1, 0.15) is 0 Å². The van der Waals surface area contributed by atoms with Gasteiger partial charge in [-0.05, 0) is 152 Å². The van der Waals surface area contributed by atoms with Crippen LogP contribution in [-0.4, -0.2) is 9.97 Å². The van der Waals surface area contributed by atoms with Crippen molar-refractivity contribution in [1.29, 1.82) is 0 Å². The van der Waals surface area contributed by atoms with Crippen LogP contribution in [0.4, 0.5) is 0 Å². The van der Waals surface area contributed by atoms with Gasteiger partial charge in [-0.25, -0.2) is 0 Å². The van der Waals surface area contributed by atoms with Gasteiger partial charge in [0.2, 0.25) is 0 Å². The summed E-state index contributed by atoms with van der Waals surface area (Å²) in [5.74, 6) is 0. The van der Waals surface area contributed by atoms with Gasteiger partial charge in [-0.15, -0.1) is 0 Å². The highest BCUT2D eigenvalue weighted by molar-refractivity contribution is 6.09. The van der Waals surface area contributed by atoms with Gasteiger partial charge >= 0.3 is 0 Å². The van der Waals surface area contributed by atoms with E-state index in [1.807, 2.05) is 24.5 Å². The van der Waals surface area contributed by atoms with E-state index < -0.39 is 0 Å². The number of benzene rings is 8. The second-order valence-corrected chi connectivity index (χ2v) is 16.2. The van der Waals surface area contributed by atoms with Crippen LogP contribution in [-0.2, 0) is 0 Å². The molecule has 0 unspecified atom stereocenters. The van der Waals surface area contributed by atoms with Gasteiger partial charge in [0.1, 0.15) is 33.5 Å². The molecule has 63 heavy (non-hydrogen) atoms. The summed E-state index contributed by atoms with van der Waals surface area (Å²) in [6, 6.07) is 64.7. The molecule has 8 aromatic carbocycles. The second kappa shape index (κ2) is 14.0. The lowest BCUT2D eigenvalue weighted by atomic mass is 9.94. The van der Waals surface area contributed by atoms with Crippen LogP contribution in [0.15, 0.2) is 220 Å². The minimum atomic E-state index is 0.849. The summed E-state index contributed by atoms with van der Waals surface area (Å²) in [7, 11) is 0. The Bertz CT molecular complexity index is 3690. The molecule has 0 saturated heterocycles. The Morgan fingerprint density at radius 3 is 0.746 bits per heavy atom. The highest BCUT2D eigenvalue weighted by atomic mass is 16.3. The largest absolute Gasteiger partial charge is 0.456 e. The van der Waals surface area contributed by atoms with Gasteiger partial charge in [-0.1, -0.05) is 97.1 Å². The third kappa shape index (κ3) is 6.01. The lowest BCUT2D eigenvalue weighted by molar-refractivity contribution is 0.668. The average Bonchev–Trinajstić information content (AvgIpc) is 4.04. The fraction of sp³-hybridized carbons (Fsp3) is 0. The van der Waals surface area contributed by atoms with Crippen molar-refractivity contribution in [2.45, 2.75) is 0 Å². The first-order valence-electron chi connectivity index (χ1n) is 21.1. The van der Waals surface area contributed by atoms with Crippen LogP contribution >= 0.6 is 0 Å². The average molecular weight is 807 g/mol. The predicted octanol–water partition coefficient (Wildman–Crippen LogP) is 16.2. The molecule has 0 bridgehead atoms. The number of fused-ring (bicyclic) bond motifs is 9. The summed E-state index contributed by atoms with van der Waals surface area (Å²) in [4.78, 5) is 8.67. The number of hydrogen-bond acceptors (Lipinski definition) is 5. The van der Waals surface area contributed by atoms with Crippen LogP contribution in [0.25, 0.3) is 133 Å². The minimum absolute atomic E-state index is 0.849. The molecular formula is C58H34N2O3. The molecule has 294 valence electrons. The summed E-state index contributed by atoms with van der Waals surface area (Å²) in [5.41, 5.74) is 18.9. The number of rotatable bonds is 6. The van der Waals surface area contributed by atoms with Crippen molar-refractivity contribution in [3.8, 4) is 66.8 Å². The molecule has 5 aromatic heterocycles. The van der Waals surface area contributed by atoms with E-state index in [0.29, 0.717) is 0 Å². The van der Waals surface area contributed by atoms with Crippen molar-refractivity contribution < 1.29 is 13.3 Å². The molecule has 5 nitrogen and oxygen atoms in total. The summed E-state index contributed by atoms with van der Waals surface area (Å²) in [6.07, 6.45) is 7.28. The van der Waals surface area contributed by atoms with E-state index in [2.05, 4.69) is 180 Å². The van der Waals surface area contributed by atoms with Gasteiger partial charge in [0.15, 0.2) is 0 Å². The topological polar surface area (TPSA) is 65.2 Å². The van der Waals surface area contributed by atoms with E-state index in [9.17, 15) is 0 Å². The molecule has 5 heteroatoms. The van der Waals surface area contributed by atoms with Gasteiger partial charge < -0.3 is 13.3 Å². The first-order chi connectivity index (χ1) is 31.1. The highest BCUT2D eigenvalue weighted by Gasteiger charge is 2.14. The molecule has 13 aromatic rings. The molecule has 0 saturated carbocycles. The first-order valence-corrected chi connectivity index (χ1v) is 21.1. The van der Waals surface area contributed by atoms with Crippen LogP contribution < -0.4 is 0 Å².